The Morgan fingerprint density at radius 2 is 2.07 bits per heavy atom. The van der Waals surface area contributed by atoms with E-state index in [4.69, 9.17) is 4.74 Å². The molecule has 0 unspecified atom stereocenters. The van der Waals surface area contributed by atoms with Gasteiger partial charge < -0.3 is 10.1 Å². The first kappa shape index (κ1) is 21.0. The van der Waals surface area contributed by atoms with Gasteiger partial charge in [-0.15, -0.1) is 0 Å². The van der Waals surface area contributed by atoms with Crippen LogP contribution in [-0.2, 0) is 21.2 Å². The van der Waals surface area contributed by atoms with E-state index in [1.807, 2.05) is 30.3 Å². The highest BCUT2D eigenvalue weighted by Gasteiger charge is 2.30. The van der Waals surface area contributed by atoms with Gasteiger partial charge >= 0.3 is 0 Å². The van der Waals surface area contributed by atoms with E-state index in [-0.39, 0.29) is 23.4 Å². The van der Waals surface area contributed by atoms with Crippen LogP contribution in [-0.4, -0.2) is 49.4 Å². The summed E-state index contributed by atoms with van der Waals surface area (Å²) in [6.45, 7) is 4.53. The summed E-state index contributed by atoms with van der Waals surface area (Å²) >= 11 is 0. The summed E-state index contributed by atoms with van der Waals surface area (Å²) in [5.74, 6) is 0.0857. The fourth-order valence-corrected chi connectivity index (χ4v) is 4.68. The first-order valence-electron chi connectivity index (χ1n) is 9.55. The Labute approximate surface area is 171 Å². The highest BCUT2D eigenvalue weighted by atomic mass is 32.2. The topological polar surface area (TPSA) is 88.6 Å². The molecule has 1 aliphatic heterocycles. The summed E-state index contributed by atoms with van der Waals surface area (Å²) in [5, 5.41) is 2.77. The van der Waals surface area contributed by atoms with Crippen molar-refractivity contribution >= 4 is 15.9 Å². The molecule has 0 saturated carbocycles. The number of carbonyl (C=O) groups excluding carboxylic acids is 1. The molecule has 1 aromatic heterocycles. The minimum Gasteiger partial charge on any atom is -0.477 e. The molecule has 2 aromatic rings. The maximum Gasteiger partial charge on any atom is 0.244 e. The third kappa shape index (κ3) is 5.65. The molecule has 29 heavy (non-hydrogen) atoms. The Bertz CT molecular complexity index is 930. The summed E-state index contributed by atoms with van der Waals surface area (Å²) in [4.78, 5) is 15.8. The first-order valence-corrected chi connectivity index (χ1v) is 11.0. The number of ether oxygens (including phenoxy) is 1. The van der Waals surface area contributed by atoms with Gasteiger partial charge in [0, 0.05) is 31.6 Å². The molecule has 1 N–H and O–H groups in total. The minimum absolute atomic E-state index is 0.114. The number of hydrogen-bond donors (Lipinski definition) is 1. The molecule has 0 aliphatic carbocycles. The second kappa shape index (κ2) is 9.67. The maximum atomic E-state index is 12.9. The van der Waals surface area contributed by atoms with E-state index in [2.05, 4.69) is 16.9 Å². The quantitative estimate of drug-likeness (QED) is 0.668. The molecule has 0 bridgehead atoms. The van der Waals surface area contributed by atoms with Gasteiger partial charge in [0.2, 0.25) is 21.8 Å². The molecule has 3 rings (SSSR count). The molecular weight excluding hydrogens is 390 g/mol. The monoisotopic (exact) mass is 415 g/mol. The summed E-state index contributed by atoms with van der Waals surface area (Å²) in [7, 11) is -3.68. The number of nitrogens with one attached hydrogen (secondary N) is 1. The van der Waals surface area contributed by atoms with Crippen LogP contribution in [0, 0.1) is 0 Å². The number of rotatable bonds is 8. The van der Waals surface area contributed by atoms with Crippen LogP contribution in [0.25, 0.3) is 0 Å². The van der Waals surface area contributed by atoms with Gasteiger partial charge in [0.1, 0.15) is 4.90 Å². The van der Waals surface area contributed by atoms with Crippen LogP contribution < -0.4 is 10.1 Å². The number of piperidine rings is 1. The molecule has 1 amide bonds. The smallest absolute Gasteiger partial charge is 0.244 e. The fraction of sp³-hybridized carbons (Fsp3) is 0.333. The van der Waals surface area contributed by atoms with Crippen molar-refractivity contribution in [1.82, 2.24) is 14.6 Å². The highest BCUT2D eigenvalue weighted by molar-refractivity contribution is 7.89. The predicted molar refractivity (Wildman–Crippen MR) is 110 cm³/mol. The number of benzene rings is 1. The first-order chi connectivity index (χ1) is 14.0. The lowest BCUT2D eigenvalue weighted by molar-refractivity contribution is -0.117. The van der Waals surface area contributed by atoms with Crippen LogP contribution in [0.5, 0.6) is 5.88 Å². The lowest BCUT2D eigenvalue weighted by Crippen LogP contribution is -2.49. The Morgan fingerprint density at radius 1 is 1.28 bits per heavy atom. The second-order valence-corrected chi connectivity index (χ2v) is 8.77. The zero-order chi connectivity index (χ0) is 20.7. The number of nitrogens with zero attached hydrogens (tertiary/aromatic N) is 2. The molecule has 1 aliphatic rings. The standard InChI is InChI=1S/C21H25N3O4S/c1-2-20(25)23-18-9-6-13-24(16-18)29(26,27)19-10-11-21(22-15-19)28-14-12-17-7-4-3-5-8-17/h2-5,7-8,10-11,15,18H,1,6,9,12-14,16H2,(H,23,25)/t18-/m0/s1. The van der Waals surface area contributed by atoms with Gasteiger partial charge in [-0.2, -0.15) is 4.31 Å². The molecule has 1 saturated heterocycles. The van der Waals surface area contributed by atoms with Crippen molar-refractivity contribution in [2.24, 2.45) is 0 Å². The molecular formula is C21H25N3O4S. The van der Waals surface area contributed by atoms with Crippen LogP contribution in [0.2, 0.25) is 0 Å². The van der Waals surface area contributed by atoms with Crippen molar-refractivity contribution in [1.29, 1.82) is 0 Å². The van der Waals surface area contributed by atoms with Crippen LogP contribution in [0.3, 0.4) is 0 Å². The molecule has 1 fully saturated rings. The molecule has 8 heteroatoms. The van der Waals surface area contributed by atoms with E-state index in [0.29, 0.717) is 25.5 Å². The van der Waals surface area contributed by atoms with Crippen LogP contribution in [0.4, 0.5) is 0 Å². The molecule has 0 radical (unpaired) electrons. The normalized spacial score (nSPS) is 17.4. The van der Waals surface area contributed by atoms with Gasteiger partial charge in [-0.1, -0.05) is 36.9 Å². The summed E-state index contributed by atoms with van der Waals surface area (Å²) in [5.41, 5.74) is 1.16. The average molecular weight is 416 g/mol. The molecule has 1 aromatic carbocycles. The van der Waals surface area contributed by atoms with Crippen molar-refractivity contribution in [2.45, 2.75) is 30.2 Å². The molecule has 154 valence electrons. The van der Waals surface area contributed by atoms with Crippen LogP contribution >= 0.6 is 0 Å². The molecule has 1 atom stereocenters. The Kier molecular flexibility index (Phi) is 7.00. The number of hydrogen-bond acceptors (Lipinski definition) is 5. The molecule has 7 nitrogen and oxygen atoms in total. The third-order valence-corrected chi connectivity index (χ3v) is 6.60. The number of sulfonamides is 1. The lowest BCUT2D eigenvalue weighted by Gasteiger charge is -2.32. The SMILES string of the molecule is C=CC(=O)N[C@H]1CCCN(S(=O)(=O)c2ccc(OCCc3ccccc3)nc2)C1. The summed E-state index contributed by atoms with van der Waals surface area (Å²) in [6.07, 6.45) is 4.66. The third-order valence-electron chi connectivity index (χ3n) is 4.75. The van der Waals surface area contributed by atoms with Gasteiger partial charge in [-0.05, 0) is 30.5 Å². The van der Waals surface area contributed by atoms with Gasteiger partial charge in [-0.3, -0.25) is 4.79 Å². The van der Waals surface area contributed by atoms with Crippen molar-refractivity contribution in [3.63, 3.8) is 0 Å². The number of carbonyl (C=O) groups is 1. The second-order valence-electron chi connectivity index (χ2n) is 6.83. The zero-order valence-corrected chi connectivity index (χ0v) is 17.0. The lowest BCUT2D eigenvalue weighted by atomic mass is 10.1. The Balaban J connectivity index is 1.59. The Morgan fingerprint density at radius 3 is 2.76 bits per heavy atom. The van der Waals surface area contributed by atoms with E-state index in [1.54, 1.807) is 6.07 Å². The van der Waals surface area contributed by atoms with Gasteiger partial charge in [0.25, 0.3) is 0 Å². The predicted octanol–water partition coefficient (Wildman–Crippen LogP) is 2.16. The largest absolute Gasteiger partial charge is 0.477 e. The fourth-order valence-electron chi connectivity index (χ4n) is 3.21. The van der Waals surface area contributed by atoms with Crippen molar-refractivity contribution in [2.75, 3.05) is 19.7 Å². The minimum atomic E-state index is -3.68. The van der Waals surface area contributed by atoms with Crippen molar-refractivity contribution in [3.05, 3.63) is 66.9 Å². The summed E-state index contributed by atoms with van der Waals surface area (Å²) in [6, 6.07) is 12.8. The van der Waals surface area contributed by atoms with Crippen LogP contribution in [0.1, 0.15) is 18.4 Å². The van der Waals surface area contributed by atoms with Crippen molar-refractivity contribution < 1.29 is 17.9 Å². The highest BCUT2D eigenvalue weighted by Crippen LogP contribution is 2.21. The number of pyridine rings is 1. The van der Waals surface area contributed by atoms with Gasteiger partial charge in [0.05, 0.1) is 12.8 Å². The number of amides is 1. The Hall–Kier alpha value is -2.71. The van der Waals surface area contributed by atoms with Gasteiger partial charge in [0.15, 0.2) is 0 Å². The van der Waals surface area contributed by atoms with E-state index in [0.717, 1.165) is 18.4 Å². The average Bonchev–Trinajstić information content (AvgIpc) is 2.75. The number of aromatic nitrogens is 1. The maximum absolute atomic E-state index is 12.9. The zero-order valence-electron chi connectivity index (χ0n) is 16.2. The van der Waals surface area contributed by atoms with E-state index in [1.165, 1.54) is 22.6 Å². The van der Waals surface area contributed by atoms with E-state index < -0.39 is 10.0 Å². The van der Waals surface area contributed by atoms with E-state index in [9.17, 15) is 13.2 Å². The van der Waals surface area contributed by atoms with Crippen molar-refractivity contribution in [3.8, 4) is 5.88 Å². The van der Waals surface area contributed by atoms with E-state index >= 15 is 0 Å². The molecule has 0 spiro atoms. The molecule has 2 heterocycles. The van der Waals surface area contributed by atoms with Gasteiger partial charge in [-0.25, -0.2) is 13.4 Å². The summed E-state index contributed by atoms with van der Waals surface area (Å²) < 4.78 is 32.8. The van der Waals surface area contributed by atoms with Crippen LogP contribution in [0.15, 0.2) is 66.2 Å².